The zero-order valence-corrected chi connectivity index (χ0v) is 27.7. The fourth-order valence-electron chi connectivity index (χ4n) is 3.90. The normalized spacial score (nSPS) is 11.9. The maximum atomic E-state index is 9.75. The first-order valence-corrected chi connectivity index (χ1v) is 14.7. The number of hydrogen-bond donors (Lipinski definition) is 1. The van der Waals surface area contributed by atoms with Crippen molar-refractivity contribution in [3.05, 3.63) is 117 Å². The number of hydrogen-bond acceptors (Lipinski definition) is 0. The van der Waals surface area contributed by atoms with Crippen LogP contribution < -0.4 is 4.99 Å². The van der Waals surface area contributed by atoms with Crippen molar-refractivity contribution in [2.75, 3.05) is 6.54 Å². The molecule has 0 bridgehead atoms. The Bertz CT molecular complexity index is 943. The van der Waals surface area contributed by atoms with Crippen molar-refractivity contribution in [3.8, 4) is 12.3 Å². The van der Waals surface area contributed by atoms with Gasteiger partial charge >= 0.3 is 38.0 Å². The summed E-state index contributed by atoms with van der Waals surface area (Å²) in [5.41, 5.74) is 6.12. The molecule has 0 spiro atoms. The second kappa shape index (κ2) is 27.8. The number of terminal acetylenes is 1. The molecular formula is C33H41BF4NOPRu+2. The van der Waals surface area contributed by atoms with Gasteiger partial charge in [0, 0.05) is 6.21 Å². The molecule has 0 atom stereocenters. The first-order valence-electron chi connectivity index (χ1n) is 13.1. The van der Waals surface area contributed by atoms with Crippen LogP contribution in [0.1, 0.15) is 52.7 Å². The van der Waals surface area contributed by atoms with E-state index in [0.717, 1.165) is 33.7 Å². The van der Waals surface area contributed by atoms with E-state index in [-0.39, 0.29) is 27.4 Å². The Balaban J connectivity index is -0.000000553. The molecule has 2 aromatic carbocycles. The number of allylic oxidation sites excluding steroid dienone is 1. The van der Waals surface area contributed by atoms with Crippen LogP contribution in [-0.2, 0) is 24.1 Å². The average Bonchev–Trinajstić information content (AvgIpc) is 3.50. The van der Waals surface area contributed by atoms with Crippen LogP contribution in [0.15, 0.2) is 66.7 Å². The van der Waals surface area contributed by atoms with Gasteiger partial charge in [-0.15, -0.1) is 6.42 Å². The molecule has 1 saturated carbocycles. The fourth-order valence-corrected chi connectivity index (χ4v) is 7.48. The molecule has 226 valence electrons. The van der Waals surface area contributed by atoms with Crippen molar-refractivity contribution >= 4 is 27.0 Å². The summed E-state index contributed by atoms with van der Waals surface area (Å²) < 4.78 is 46.5. The van der Waals surface area contributed by atoms with E-state index in [2.05, 4.69) is 89.6 Å². The van der Waals surface area contributed by atoms with E-state index in [9.17, 15) is 17.3 Å². The third-order valence-electron chi connectivity index (χ3n) is 5.02. The molecule has 2 aromatic rings. The van der Waals surface area contributed by atoms with Crippen molar-refractivity contribution in [3.63, 3.8) is 0 Å². The quantitative estimate of drug-likeness (QED) is 0.0588. The predicted octanol–water partition coefficient (Wildman–Crippen LogP) is 7.75. The topological polar surface area (TPSA) is 33.9 Å². The fraction of sp³-hybridized carbons (Fsp3) is 0.303. The van der Waals surface area contributed by atoms with Crippen LogP contribution in [0.2, 0.25) is 0 Å². The first kappa shape index (κ1) is 44.4. The third-order valence-corrected chi connectivity index (χ3v) is 8.60. The minimum atomic E-state index is -6.00. The van der Waals surface area contributed by atoms with Gasteiger partial charge in [0.25, 0.3) is 0 Å². The summed E-state index contributed by atoms with van der Waals surface area (Å²) >= 11 is 0. The number of nitrogens with one attached hydrogen (secondary N) is 1. The van der Waals surface area contributed by atoms with E-state index < -0.39 is 7.25 Å². The van der Waals surface area contributed by atoms with Crippen LogP contribution in [-0.4, -0.2) is 37.0 Å². The van der Waals surface area contributed by atoms with Crippen molar-refractivity contribution < 1.29 is 46.4 Å². The Morgan fingerprint density at radius 3 is 1.36 bits per heavy atom. The van der Waals surface area contributed by atoms with Crippen LogP contribution in [0, 0.1) is 51.1 Å². The van der Waals surface area contributed by atoms with Gasteiger partial charge in [0.2, 0.25) is 0 Å². The molecular weight excluding hydrogens is 645 g/mol. The second-order valence-corrected chi connectivity index (χ2v) is 13.2. The number of halogens is 4. The molecule has 2 nitrogen and oxygen atoms in total. The summed E-state index contributed by atoms with van der Waals surface area (Å²) in [6.45, 7) is 19.1. The summed E-state index contributed by atoms with van der Waals surface area (Å²) in [5.74, 6) is 2.52. The van der Waals surface area contributed by atoms with Crippen LogP contribution in [0.4, 0.5) is 17.3 Å². The van der Waals surface area contributed by atoms with E-state index in [1.165, 1.54) is 0 Å². The standard InChI is InChI=1S/C18H15N.C9H21P.C5H5.CO.BF4.Ru/c1-2-14-19-15-13-18(16-9-5-3-6-10-16)17-11-7-4-8-12-17;1-7(2)10(8(3)4)9(5)6;1-2-4-5-3-1;1-2;2-1(3,4)5;/h1,3-13,19H,14H2;7-9H,1-6H3;1-5H;;;/q;;;;-1;+3. The zero-order valence-electron chi connectivity index (χ0n) is 25.1. The Kier molecular flexibility index (Phi) is 29.4. The van der Waals surface area contributed by atoms with Crippen molar-refractivity contribution in [1.82, 2.24) is 0 Å². The van der Waals surface area contributed by atoms with Gasteiger partial charge in [0.05, 0.1) is 0 Å². The van der Waals surface area contributed by atoms with Gasteiger partial charge < -0.3 is 22.3 Å². The summed E-state index contributed by atoms with van der Waals surface area (Å²) in [4.78, 5) is 2.94. The van der Waals surface area contributed by atoms with Gasteiger partial charge in [-0.3, -0.25) is 0 Å². The minimum Gasteiger partial charge on any atom is -0.0312 e. The molecule has 1 aliphatic rings. The molecule has 1 fully saturated rings. The molecule has 1 N–H and O–H groups in total. The van der Waals surface area contributed by atoms with Gasteiger partial charge in [0.1, 0.15) is 0 Å². The molecule has 0 amide bonds. The van der Waals surface area contributed by atoms with Gasteiger partial charge in [-0.1, -0.05) is 121 Å². The van der Waals surface area contributed by atoms with E-state index in [1.807, 2.05) is 74.6 Å². The summed E-state index contributed by atoms with van der Waals surface area (Å²) in [5, 5.41) is 0. The first-order chi connectivity index (χ1) is 19.4. The average molecular weight is 687 g/mol. The molecule has 0 heterocycles. The van der Waals surface area contributed by atoms with E-state index in [0.29, 0.717) is 6.54 Å². The third kappa shape index (κ3) is 25.7. The predicted molar refractivity (Wildman–Crippen MR) is 168 cm³/mol. The smallest absolute Gasteiger partial charge is 0.0312 e. The van der Waals surface area contributed by atoms with E-state index in [4.69, 9.17) is 11.1 Å². The summed E-state index contributed by atoms with van der Waals surface area (Å²) in [7, 11) is -5.74. The zero-order chi connectivity index (χ0) is 31.7. The largest absolute Gasteiger partial charge is 3.00 e. The van der Waals surface area contributed by atoms with Crippen molar-refractivity contribution in [1.29, 1.82) is 0 Å². The monoisotopic (exact) mass is 687 g/mol. The number of benzene rings is 2. The summed E-state index contributed by atoms with van der Waals surface area (Å²) in [6, 6.07) is 20.5. The maximum Gasteiger partial charge on any atom is 3.00 e. The Hall–Kier alpha value is -2.01. The van der Waals surface area contributed by atoms with Crippen LogP contribution in [0.25, 0.3) is 5.57 Å². The molecule has 1 aliphatic carbocycles. The molecule has 42 heavy (non-hydrogen) atoms. The molecule has 6 radical (unpaired) electrons. The van der Waals surface area contributed by atoms with Crippen LogP contribution in [0.5, 0.6) is 0 Å². The molecule has 0 aromatic heterocycles. The molecule has 0 aliphatic heterocycles. The van der Waals surface area contributed by atoms with Gasteiger partial charge in [0.15, 0.2) is 6.54 Å². The Labute approximate surface area is 266 Å². The van der Waals surface area contributed by atoms with E-state index in [1.54, 1.807) is 0 Å². The van der Waals surface area contributed by atoms with Crippen molar-refractivity contribution in [2.24, 2.45) is 0 Å². The van der Waals surface area contributed by atoms with Gasteiger partial charge in [-0.2, -0.15) is 11.6 Å². The minimum absolute atomic E-state index is 0. The molecule has 0 unspecified atom stereocenters. The summed E-state index contributed by atoms with van der Waals surface area (Å²) in [6.07, 6.45) is 20.2. The van der Waals surface area contributed by atoms with Crippen LogP contribution >= 0.6 is 7.92 Å². The van der Waals surface area contributed by atoms with Gasteiger partial charge in [-0.05, 0) is 55.0 Å². The molecule has 3 rings (SSSR count). The maximum absolute atomic E-state index is 9.75. The molecule has 0 saturated heterocycles. The molecule has 9 heteroatoms. The Morgan fingerprint density at radius 2 is 1.12 bits per heavy atom. The Morgan fingerprint density at radius 1 is 0.810 bits per heavy atom. The van der Waals surface area contributed by atoms with E-state index >= 15 is 0 Å². The SMILES string of the molecule is C#CC[NH+]=[C-]C=C(c1ccccc1)c1ccccc1.CC(C)P(C(C)C)C(C)C.F[B-](F)(F)F.[C-]#[O+].[CH]1[CH][CH][CH][CH]1.[Ru+3]. The van der Waals surface area contributed by atoms with Gasteiger partial charge in [-0.25, -0.2) is 0 Å². The second-order valence-electron chi connectivity index (χ2n) is 9.18. The van der Waals surface area contributed by atoms with Crippen molar-refractivity contribution in [2.45, 2.75) is 58.5 Å². The number of rotatable bonds is 7. The van der Waals surface area contributed by atoms with Crippen LogP contribution in [0.3, 0.4) is 0 Å².